The number of carbonyl (C=O) groups excluding carboxylic acids is 1. The molecule has 0 bridgehead atoms. The van der Waals surface area contributed by atoms with Gasteiger partial charge in [-0.3, -0.25) is 9.78 Å². The largest absolute Gasteiger partial charge is 0.494 e. The molecule has 7 nitrogen and oxygen atoms in total. The summed E-state index contributed by atoms with van der Waals surface area (Å²) in [5, 5.41) is 3.56. The van der Waals surface area contributed by atoms with Gasteiger partial charge in [0.2, 0.25) is 9.84 Å². The van der Waals surface area contributed by atoms with Crippen LogP contribution in [0.4, 0.5) is 0 Å². The van der Waals surface area contributed by atoms with Gasteiger partial charge in [-0.05, 0) is 61.0 Å². The molecule has 1 amide bonds. The molecule has 0 radical (unpaired) electrons. The fourth-order valence-electron chi connectivity index (χ4n) is 3.07. The van der Waals surface area contributed by atoms with Crippen LogP contribution in [-0.4, -0.2) is 25.9 Å². The highest BCUT2D eigenvalue weighted by atomic mass is 32.2. The van der Waals surface area contributed by atoms with Crippen LogP contribution in [0.5, 0.6) is 5.75 Å². The number of nitrogens with one attached hydrogen (secondary N) is 1. The third kappa shape index (κ3) is 4.44. The Labute approximate surface area is 179 Å². The Kier molecular flexibility index (Phi) is 5.73. The minimum absolute atomic E-state index is 0.177. The molecule has 2 aromatic carbocycles. The van der Waals surface area contributed by atoms with Crippen molar-refractivity contribution >= 4 is 26.7 Å². The molecule has 31 heavy (non-hydrogen) atoms. The predicted octanol–water partition coefficient (Wildman–Crippen LogP) is 3.99. The van der Waals surface area contributed by atoms with E-state index in [1.165, 1.54) is 24.3 Å². The summed E-state index contributed by atoms with van der Waals surface area (Å²) in [5.41, 5.74) is 1.30. The number of aromatic nitrogens is 1. The molecule has 158 valence electrons. The maximum atomic E-state index is 12.8. The maximum absolute atomic E-state index is 12.8. The number of carbonyl (C=O) groups is 1. The van der Waals surface area contributed by atoms with Crippen molar-refractivity contribution < 1.29 is 22.4 Å². The quantitative estimate of drug-likeness (QED) is 0.470. The van der Waals surface area contributed by atoms with Gasteiger partial charge in [0.05, 0.1) is 22.6 Å². The lowest BCUT2D eigenvalue weighted by Crippen LogP contribution is -2.22. The van der Waals surface area contributed by atoms with Crippen LogP contribution in [0.2, 0.25) is 0 Å². The van der Waals surface area contributed by atoms with Gasteiger partial charge in [0.25, 0.3) is 5.91 Å². The Bertz CT molecular complexity index is 1280. The molecule has 2 aromatic heterocycles. The third-order valence-corrected chi connectivity index (χ3v) is 6.46. The van der Waals surface area contributed by atoms with Gasteiger partial charge in [0, 0.05) is 18.1 Å². The molecule has 0 aliphatic rings. The molecule has 4 aromatic rings. The van der Waals surface area contributed by atoms with E-state index in [2.05, 4.69) is 10.3 Å². The van der Waals surface area contributed by atoms with Crippen LogP contribution in [0.1, 0.15) is 23.0 Å². The van der Waals surface area contributed by atoms with E-state index in [-0.39, 0.29) is 28.0 Å². The predicted molar refractivity (Wildman–Crippen MR) is 115 cm³/mol. The van der Waals surface area contributed by atoms with Crippen LogP contribution in [-0.2, 0) is 16.4 Å². The monoisotopic (exact) mass is 436 g/mol. The van der Waals surface area contributed by atoms with Crippen molar-refractivity contribution in [1.29, 1.82) is 0 Å². The topological polar surface area (TPSA) is 98.5 Å². The van der Waals surface area contributed by atoms with Crippen molar-refractivity contribution in [2.45, 2.75) is 23.3 Å². The number of nitrogens with zero attached hydrogens (tertiary/aromatic N) is 1. The Morgan fingerprint density at radius 3 is 2.35 bits per heavy atom. The van der Waals surface area contributed by atoms with Gasteiger partial charge in [-0.2, -0.15) is 0 Å². The Balaban J connectivity index is 1.43. The lowest BCUT2D eigenvalue weighted by Gasteiger charge is -2.08. The normalized spacial score (nSPS) is 11.4. The second-order valence-electron chi connectivity index (χ2n) is 6.76. The van der Waals surface area contributed by atoms with E-state index in [4.69, 9.17) is 9.15 Å². The first kappa shape index (κ1) is 20.6. The third-order valence-electron chi connectivity index (χ3n) is 4.68. The number of rotatable bonds is 7. The Morgan fingerprint density at radius 1 is 1.03 bits per heavy atom. The molecule has 0 aliphatic heterocycles. The molecule has 0 saturated carbocycles. The van der Waals surface area contributed by atoms with Crippen LogP contribution >= 0.6 is 0 Å². The minimum atomic E-state index is -3.64. The number of furan rings is 1. The van der Waals surface area contributed by atoms with Gasteiger partial charge < -0.3 is 14.5 Å². The highest BCUT2D eigenvalue weighted by Crippen LogP contribution is 2.23. The van der Waals surface area contributed by atoms with Crippen LogP contribution < -0.4 is 10.1 Å². The zero-order valence-corrected chi connectivity index (χ0v) is 17.6. The van der Waals surface area contributed by atoms with Gasteiger partial charge in [-0.15, -0.1) is 0 Å². The number of fused-ring (bicyclic) bond motifs is 1. The number of pyridine rings is 1. The van der Waals surface area contributed by atoms with Crippen molar-refractivity contribution in [2.75, 3.05) is 6.61 Å². The van der Waals surface area contributed by atoms with Crippen LogP contribution in [0, 0.1) is 0 Å². The number of sulfone groups is 1. The summed E-state index contributed by atoms with van der Waals surface area (Å²) >= 11 is 0. The molecular formula is C23H20N2O5S. The maximum Gasteiger partial charge on any atom is 0.287 e. The lowest BCUT2D eigenvalue weighted by atomic mass is 10.2. The second-order valence-corrected chi connectivity index (χ2v) is 8.71. The zero-order valence-electron chi connectivity index (χ0n) is 16.7. The fourth-order valence-corrected chi connectivity index (χ4v) is 4.33. The van der Waals surface area contributed by atoms with Gasteiger partial charge in [-0.1, -0.05) is 12.1 Å². The molecule has 2 heterocycles. The van der Waals surface area contributed by atoms with E-state index < -0.39 is 9.84 Å². The summed E-state index contributed by atoms with van der Waals surface area (Å²) in [6, 6.07) is 16.1. The van der Waals surface area contributed by atoms with Crippen molar-refractivity contribution in [3.63, 3.8) is 0 Å². The molecule has 0 unspecified atom stereocenters. The van der Waals surface area contributed by atoms with E-state index in [9.17, 15) is 13.2 Å². The summed E-state index contributed by atoms with van der Waals surface area (Å²) < 4.78 is 36.5. The molecule has 0 fully saturated rings. The average Bonchev–Trinajstić information content (AvgIpc) is 3.23. The number of hydrogen-bond acceptors (Lipinski definition) is 6. The van der Waals surface area contributed by atoms with Crippen LogP contribution in [0.15, 0.2) is 87.3 Å². The van der Waals surface area contributed by atoms with E-state index >= 15 is 0 Å². The highest BCUT2D eigenvalue weighted by molar-refractivity contribution is 7.91. The zero-order chi connectivity index (χ0) is 21.8. The van der Waals surface area contributed by atoms with Gasteiger partial charge in [-0.25, -0.2) is 8.42 Å². The number of amides is 1. The van der Waals surface area contributed by atoms with Crippen molar-refractivity contribution in [3.8, 4) is 5.75 Å². The summed E-state index contributed by atoms with van der Waals surface area (Å²) in [6.07, 6.45) is 3.18. The molecular weight excluding hydrogens is 416 g/mol. The fraction of sp³-hybridized carbons (Fsp3) is 0.130. The molecule has 0 aliphatic carbocycles. The smallest absolute Gasteiger partial charge is 0.287 e. The SMILES string of the molecule is CCOc1ccc(S(=O)(=O)c2ccc(CNC(=O)c3cc4ccncc4o3)cc2)cc1. The van der Waals surface area contributed by atoms with Crippen LogP contribution in [0.3, 0.4) is 0 Å². The van der Waals surface area contributed by atoms with E-state index in [1.807, 2.05) is 6.92 Å². The molecule has 0 spiro atoms. The van der Waals surface area contributed by atoms with Crippen LogP contribution in [0.25, 0.3) is 11.0 Å². The highest BCUT2D eigenvalue weighted by Gasteiger charge is 2.18. The van der Waals surface area contributed by atoms with E-state index in [0.29, 0.717) is 17.9 Å². The van der Waals surface area contributed by atoms with Crippen molar-refractivity contribution in [1.82, 2.24) is 10.3 Å². The summed E-state index contributed by atoms with van der Waals surface area (Å²) in [5.74, 6) is 0.452. The summed E-state index contributed by atoms with van der Waals surface area (Å²) in [7, 11) is -3.64. The Morgan fingerprint density at radius 2 is 1.71 bits per heavy atom. The first-order valence-electron chi connectivity index (χ1n) is 9.66. The number of hydrogen-bond donors (Lipinski definition) is 1. The molecule has 4 rings (SSSR count). The van der Waals surface area contributed by atoms with Crippen molar-refractivity contribution in [2.24, 2.45) is 0 Å². The number of ether oxygens (including phenoxy) is 1. The number of benzene rings is 2. The van der Waals surface area contributed by atoms with E-state index in [1.54, 1.807) is 48.8 Å². The summed E-state index contributed by atoms with van der Waals surface area (Å²) in [4.78, 5) is 16.7. The van der Waals surface area contributed by atoms with E-state index in [0.717, 1.165) is 10.9 Å². The standard InChI is InChI=1S/C23H20N2O5S/c1-2-29-18-5-9-20(10-6-18)31(27,28)19-7-3-16(4-8-19)14-25-23(26)21-13-17-11-12-24-15-22(17)30-21/h3-13,15H,2,14H2,1H3,(H,25,26). The van der Waals surface area contributed by atoms with Crippen molar-refractivity contribution in [3.05, 3.63) is 84.4 Å². The lowest BCUT2D eigenvalue weighted by molar-refractivity contribution is 0.0925. The van der Waals surface area contributed by atoms with Gasteiger partial charge >= 0.3 is 0 Å². The van der Waals surface area contributed by atoms with Gasteiger partial charge in [0.1, 0.15) is 5.75 Å². The molecule has 8 heteroatoms. The van der Waals surface area contributed by atoms with Gasteiger partial charge in [0.15, 0.2) is 11.3 Å². The molecule has 0 saturated heterocycles. The first-order valence-corrected chi connectivity index (χ1v) is 11.1. The second kappa shape index (κ2) is 8.61. The average molecular weight is 436 g/mol. The molecule has 1 N–H and O–H groups in total. The first-order chi connectivity index (χ1) is 15.0. The summed E-state index contributed by atoms with van der Waals surface area (Å²) in [6.45, 7) is 2.61. The Hall–Kier alpha value is -3.65. The molecule has 0 atom stereocenters. The minimum Gasteiger partial charge on any atom is -0.494 e.